The molecule has 1 aromatic heterocycles. The van der Waals surface area contributed by atoms with Gasteiger partial charge in [0.1, 0.15) is 5.75 Å². The van der Waals surface area contributed by atoms with Crippen LogP contribution in [0.25, 0.3) is 11.3 Å². The van der Waals surface area contributed by atoms with Crippen LogP contribution >= 0.6 is 0 Å². The van der Waals surface area contributed by atoms with Crippen LogP contribution in [0.4, 0.5) is 0 Å². The maximum absolute atomic E-state index is 9.16. The summed E-state index contributed by atoms with van der Waals surface area (Å²) in [6, 6.07) is 11.9. The first-order chi connectivity index (χ1) is 7.79. The van der Waals surface area contributed by atoms with Crippen molar-refractivity contribution in [2.45, 2.75) is 19.8 Å². The second-order valence-corrected chi connectivity index (χ2v) is 3.85. The Kier molecular flexibility index (Phi) is 3.20. The fraction of sp³-hybridized carbons (Fsp3) is 0.214. The quantitative estimate of drug-likeness (QED) is 0.847. The zero-order valence-corrected chi connectivity index (χ0v) is 9.35. The van der Waals surface area contributed by atoms with Crippen molar-refractivity contribution in [1.29, 1.82) is 0 Å². The number of nitrogens with zero attached hydrogens (tertiary/aromatic N) is 1. The van der Waals surface area contributed by atoms with Gasteiger partial charge in [0.15, 0.2) is 0 Å². The number of aromatic nitrogens is 1. The Morgan fingerprint density at radius 3 is 2.38 bits per heavy atom. The van der Waals surface area contributed by atoms with E-state index < -0.39 is 0 Å². The lowest BCUT2D eigenvalue weighted by Gasteiger charge is -2.03. The SMILES string of the molecule is CCCc1ccc(-c2ccc(O)cn2)cc1. The maximum Gasteiger partial charge on any atom is 0.133 e. The lowest BCUT2D eigenvalue weighted by molar-refractivity contribution is 0.473. The summed E-state index contributed by atoms with van der Waals surface area (Å²) in [5.74, 6) is 0.200. The molecule has 82 valence electrons. The van der Waals surface area contributed by atoms with Gasteiger partial charge in [0.05, 0.1) is 11.9 Å². The highest BCUT2D eigenvalue weighted by molar-refractivity contribution is 5.59. The summed E-state index contributed by atoms with van der Waals surface area (Å²) < 4.78 is 0. The fourth-order valence-corrected chi connectivity index (χ4v) is 1.69. The van der Waals surface area contributed by atoms with Gasteiger partial charge in [-0.2, -0.15) is 0 Å². The van der Waals surface area contributed by atoms with E-state index in [2.05, 4.69) is 36.2 Å². The second-order valence-electron chi connectivity index (χ2n) is 3.85. The first kappa shape index (κ1) is 10.7. The molecule has 0 atom stereocenters. The highest BCUT2D eigenvalue weighted by atomic mass is 16.3. The van der Waals surface area contributed by atoms with Crippen LogP contribution in [0, 0.1) is 0 Å². The van der Waals surface area contributed by atoms with Crippen molar-refractivity contribution in [3.63, 3.8) is 0 Å². The summed E-state index contributed by atoms with van der Waals surface area (Å²) in [6.45, 7) is 2.18. The van der Waals surface area contributed by atoms with Crippen LogP contribution in [-0.2, 0) is 6.42 Å². The van der Waals surface area contributed by atoms with E-state index in [4.69, 9.17) is 5.11 Å². The molecule has 0 bridgehead atoms. The van der Waals surface area contributed by atoms with Crippen molar-refractivity contribution in [2.75, 3.05) is 0 Å². The van der Waals surface area contributed by atoms with Crippen LogP contribution in [0.2, 0.25) is 0 Å². The Morgan fingerprint density at radius 2 is 1.81 bits per heavy atom. The molecule has 1 heterocycles. The molecule has 0 aliphatic heterocycles. The Morgan fingerprint density at radius 1 is 1.06 bits per heavy atom. The van der Waals surface area contributed by atoms with Gasteiger partial charge in [0.25, 0.3) is 0 Å². The number of pyridine rings is 1. The Bertz CT molecular complexity index is 445. The molecular formula is C14H15NO. The number of benzene rings is 1. The molecule has 0 aliphatic rings. The van der Waals surface area contributed by atoms with Gasteiger partial charge in [-0.25, -0.2) is 0 Å². The monoisotopic (exact) mass is 213 g/mol. The van der Waals surface area contributed by atoms with Crippen LogP contribution in [0.5, 0.6) is 5.75 Å². The van der Waals surface area contributed by atoms with Gasteiger partial charge in [0.2, 0.25) is 0 Å². The lowest BCUT2D eigenvalue weighted by Crippen LogP contribution is -1.85. The van der Waals surface area contributed by atoms with Gasteiger partial charge in [-0.15, -0.1) is 0 Å². The third-order valence-electron chi connectivity index (χ3n) is 2.54. The summed E-state index contributed by atoms with van der Waals surface area (Å²) in [4.78, 5) is 4.17. The molecule has 1 N–H and O–H groups in total. The lowest BCUT2D eigenvalue weighted by atomic mass is 10.1. The molecule has 0 amide bonds. The van der Waals surface area contributed by atoms with Crippen LogP contribution in [0.3, 0.4) is 0 Å². The molecule has 0 fully saturated rings. The normalized spacial score (nSPS) is 10.3. The Labute approximate surface area is 95.6 Å². The number of aryl methyl sites for hydroxylation is 1. The molecule has 2 aromatic rings. The van der Waals surface area contributed by atoms with E-state index in [1.807, 2.05) is 6.07 Å². The van der Waals surface area contributed by atoms with Gasteiger partial charge in [0, 0.05) is 5.56 Å². The number of aromatic hydroxyl groups is 1. The highest BCUT2D eigenvalue weighted by Gasteiger charge is 1.99. The van der Waals surface area contributed by atoms with Crippen molar-refractivity contribution in [3.8, 4) is 17.0 Å². The second kappa shape index (κ2) is 4.79. The first-order valence-electron chi connectivity index (χ1n) is 5.54. The average Bonchev–Trinajstić information content (AvgIpc) is 2.32. The highest BCUT2D eigenvalue weighted by Crippen LogP contribution is 2.19. The van der Waals surface area contributed by atoms with Crippen LogP contribution in [-0.4, -0.2) is 10.1 Å². The zero-order chi connectivity index (χ0) is 11.4. The van der Waals surface area contributed by atoms with Crippen molar-refractivity contribution in [2.24, 2.45) is 0 Å². The third-order valence-corrected chi connectivity index (χ3v) is 2.54. The van der Waals surface area contributed by atoms with Gasteiger partial charge < -0.3 is 5.11 Å². The van der Waals surface area contributed by atoms with E-state index in [9.17, 15) is 0 Å². The standard InChI is InChI=1S/C14H15NO/c1-2-3-11-4-6-12(7-5-11)14-9-8-13(16)10-15-14/h4-10,16H,2-3H2,1H3. The van der Waals surface area contributed by atoms with Crippen molar-refractivity contribution in [1.82, 2.24) is 4.98 Å². The predicted octanol–water partition coefficient (Wildman–Crippen LogP) is 3.41. The molecule has 0 spiro atoms. The summed E-state index contributed by atoms with van der Waals surface area (Å²) >= 11 is 0. The summed E-state index contributed by atoms with van der Waals surface area (Å²) in [7, 11) is 0. The number of hydrogen-bond donors (Lipinski definition) is 1. The van der Waals surface area contributed by atoms with Gasteiger partial charge in [-0.3, -0.25) is 4.98 Å². The molecular weight excluding hydrogens is 198 g/mol. The molecule has 2 nitrogen and oxygen atoms in total. The number of rotatable bonds is 3. The van der Waals surface area contributed by atoms with Crippen LogP contribution in [0.15, 0.2) is 42.6 Å². The molecule has 0 aliphatic carbocycles. The molecule has 1 aromatic carbocycles. The minimum Gasteiger partial charge on any atom is -0.506 e. The predicted molar refractivity (Wildman–Crippen MR) is 65.3 cm³/mol. The molecule has 0 saturated carbocycles. The molecule has 0 saturated heterocycles. The average molecular weight is 213 g/mol. The largest absolute Gasteiger partial charge is 0.506 e. The molecule has 2 heteroatoms. The summed E-state index contributed by atoms with van der Waals surface area (Å²) in [6.07, 6.45) is 3.75. The maximum atomic E-state index is 9.16. The first-order valence-corrected chi connectivity index (χ1v) is 5.54. The Hall–Kier alpha value is -1.83. The van der Waals surface area contributed by atoms with Crippen molar-refractivity contribution in [3.05, 3.63) is 48.2 Å². The van der Waals surface area contributed by atoms with Gasteiger partial charge >= 0.3 is 0 Å². The fourth-order valence-electron chi connectivity index (χ4n) is 1.69. The van der Waals surface area contributed by atoms with E-state index in [1.165, 1.54) is 11.8 Å². The number of hydrogen-bond acceptors (Lipinski definition) is 2. The van der Waals surface area contributed by atoms with E-state index in [-0.39, 0.29) is 5.75 Å². The molecule has 2 rings (SSSR count). The smallest absolute Gasteiger partial charge is 0.133 e. The van der Waals surface area contributed by atoms with E-state index in [0.717, 1.165) is 24.1 Å². The van der Waals surface area contributed by atoms with Crippen LogP contribution < -0.4 is 0 Å². The van der Waals surface area contributed by atoms with Crippen LogP contribution in [0.1, 0.15) is 18.9 Å². The topological polar surface area (TPSA) is 33.1 Å². The molecule has 0 radical (unpaired) electrons. The van der Waals surface area contributed by atoms with Crippen molar-refractivity contribution < 1.29 is 5.11 Å². The zero-order valence-electron chi connectivity index (χ0n) is 9.35. The molecule has 0 unspecified atom stereocenters. The Balaban J connectivity index is 2.24. The van der Waals surface area contributed by atoms with Crippen molar-refractivity contribution >= 4 is 0 Å². The van der Waals surface area contributed by atoms with E-state index in [1.54, 1.807) is 6.07 Å². The van der Waals surface area contributed by atoms with E-state index >= 15 is 0 Å². The van der Waals surface area contributed by atoms with Gasteiger partial charge in [-0.05, 0) is 24.1 Å². The minimum absolute atomic E-state index is 0.200. The van der Waals surface area contributed by atoms with Gasteiger partial charge in [-0.1, -0.05) is 37.6 Å². The third kappa shape index (κ3) is 2.40. The molecule has 16 heavy (non-hydrogen) atoms. The summed E-state index contributed by atoms with van der Waals surface area (Å²) in [5, 5.41) is 9.16. The van der Waals surface area contributed by atoms with E-state index in [0.29, 0.717) is 0 Å². The minimum atomic E-state index is 0.200. The summed E-state index contributed by atoms with van der Waals surface area (Å²) in [5.41, 5.74) is 3.32.